The number of aromatic nitrogens is 3. The zero-order valence-electron chi connectivity index (χ0n) is 19.4. The van der Waals surface area contributed by atoms with Crippen molar-refractivity contribution < 1.29 is 19.4 Å². The first kappa shape index (κ1) is 26.0. The molecule has 11 heteroatoms. The molecule has 0 unspecified atom stereocenters. The number of carbonyl (C=O) groups is 1. The molecule has 4 rings (SSSR count). The lowest BCUT2D eigenvalue weighted by atomic mass is 9.91. The van der Waals surface area contributed by atoms with Gasteiger partial charge in [0.25, 0.3) is 0 Å². The highest BCUT2D eigenvalue weighted by molar-refractivity contribution is 6.00. The number of pyridine rings is 1. The molecular formula is C25H24ClN5O5. The summed E-state index contributed by atoms with van der Waals surface area (Å²) in [6, 6.07) is 10.6. The van der Waals surface area contributed by atoms with Crippen LogP contribution in [0.5, 0.6) is 11.5 Å². The number of rotatable bonds is 7. The van der Waals surface area contributed by atoms with E-state index < -0.39 is 11.4 Å². The van der Waals surface area contributed by atoms with Gasteiger partial charge in [-0.05, 0) is 29.7 Å². The number of nitrogens with two attached hydrogens (primary N) is 2. The highest BCUT2D eigenvalue weighted by Gasteiger charge is 2.20. The lowest BCUT2D eigenvalue weighted by Crippen LogP contribution is -2.16. The van der Waals surface area contributed by atoms with Crippen molar-refractivity contribution in [1.29, 1.82) is 0 Å². The summed E-state index contributed by atoms with van der Waals surface area (Å²) < 4.78 is 11.1. The van der Waals surface area contributed by atoms with E-state index in [2.05, 4.69) is 15.0 Å². The molecule has 6 N–H and O–H groups in total. The van der Waals surface area contributed by atoms with E-state index in [1.54, 1.807) is 30.3 Å². The van der Waals surface area contributed by atoms with Crippen LogP contribution in [0.2, 0.25) is 0 Å². The number of fused-ring (bicyclic) bond motifs is 1. The number of H-pyrrole nitrogens is 1. The molecule has 0 bridgehead atoms. The molecule has 36 heavy (non-hydrogen) atoms. The zero-order valence-corrected chi connectivity index (χ0v) is 20.3. The summed E-state index contributed by atoms with van der Waals surface area (Å²) in [5.41, 5.74) is 13.5. The minimum Gasteiger partial charge on any atom is -0.493 e. The Morgan fingerprint density at radius 1 is 1.08 bits per heavy atom. The molecule has 186 valence electrons. The number of methoxy groups -OCH3 is 2. The number of aromatic amines is 1. The van der Waals surface area contributed by atoms with Gasteiger partial charge in [-0.25, -0.2) is 9.78 Å². The second-order valence-corrected chi connectivity index (χ2v) is 7.57. The fourth-order valence-corrected chi connectivity index (χ4v) is 3.92. The number of carboxylic acids is 1. The predicted octanol–water partition coefficient (Wildman–Crippen LogP) is 3.29. The van der Waals surface area contributed by atoms with Crippen molar-refractivity contribution >= 4 is 46.6 Å². The van der Waals surface area contributed by atoms with Crippen molar-refractivity contribution in [3.05, 3.63) is 87.3 Å². The normalized spacial score (nSPS) is 11.1. The number of ether oxygens (including phenoxy) is 2. The number of carboxylic acid groups (broad SMARTS) is 1. The van der Waals surface area contributed by atoms with E-state index in [0.29, 0.717) is 45.7 Å². The highest BCUT2D eigenvalue weighted by Crippen LogP contribution is 2.39. The molecule has 0 atom stereocenters. The van der Waals surface area contributed by atoms with Gasteiger partial charge in [-0.1, -0.05) is 30.3 Å². The number of aromatic carboxylic acids is 1. The number of hydrogen-bond acceptors (Lipinski definition) is 8. The molecule has 0 saturated carbocycles. The van der Waals surface area contributed by atoms with Gasteiger partial charge in [0.2, 0.25) is 11.4 Å². The first-order chi connectivity index (χ1) is 16.8. The van der Waals surface area contributed by atoms with Crippen molar-refractivity contribution in [2.45, 2.75) is 6.42 Å². The highest BCUT2D eigenvalue weighted by atomic mass is 35.5. The number of hydrogen-bond donors (Lipinski definition) is 4. The summed E-state index contributed by atoms with van der Waals surface area (Å²) in [7, 11) is 3.04. The fraction of sp³-hybridized carbons (Fsp3) is 0.120. The van der Waals surface area contributed by atoms with Crippen LogP contribution in [0.15, 0.2) is 59.7 Å². The minimum absolute atomic E-state index is 0. The molecule has 2 aromatic heterocycles. The van der Waals surface area contributed by atoms with Crippen LogP contribution in [0.1, 0.15) is 27.0 Å². The summed E-state index contributed by atoms with van der Waals surface area (Å²) >= 11 is 0. The molecule has 0 aliphatic carbocycles. The quantitative estimate of drug-likeness (QED) is 0.292. The number of halogens is 1. The van der Waals surface area contributed by atoms with Gasteiger partial charge in [0.15, 0.2) is 11.5 Å². The van der Waals surface area contributed by atoms with Gasteiger partial charge in [-0.2, -0.15) is 4.98 Å². The third-order valence-electron chi connectivity index (χ3n) is 5.56. The molecule has 0 aliphatic heterocycles. The SMILES string of the molecule is COc1cccc(C(=CCc2cnc(N)nc2N)c2cccc3[nH]cc(C(=O)O)c(=O)c23)c1OC.Cl. The molecule has 0 saturated heterocycles. The van der Waals surface area contributed by atoms with Gasteiger partial charge in [0.1, 0.15) is 11.4 Å². The Bertz CT molecular complexity index is 1530. The van der Waals surface area contributed by atoms with Crippen molar-refractivity contribution in [2.75, 3.05) is 25.7 Å². The third kappa shape index (κ3) is 4.80. The van der Waals surface area contributed by atoms with Gasteiger partial charge in [-0.3, -0.25) is 4.79 Å². The number of allylic oxidation sites excluding steroid dienone is 1. The number of anilines is 2. The Hall–Kier alpha value is -4.57. The molecule has 0 spiro atoms. The molecule has 0 radical (unpaired) electrons. The number of para-hydroxylation sites is 1. The van der Waals surface area contributed by atoms with E-state index in [1.807, 2.05) is 12.1 Å². The van der Waals surface area contributed by atoms with Crippen LogP contribution in [0, 0.1) is 0 Å². The lowest BCUT2D eigenvalue weighted by molar-refractivity contribution is 0.0695. The topological polar surface area (TPSA) is 166 Å². The van der Waals surface area contributed by atoms with Crippen molar-refractivity contribution in [3.8, 4) is 11.5 Å². The number of nitrogens with zero attached hydrogens (tertiary/aromatic N) is 2. The summed E-state index contributed by atoms with van der Waals surface area (Å²) in [5, 5.41) is 9.74. The van der Waals surface area contributed by atoms with Crippen LogP contribution < -0.4 is 26.4 Å². The Labute approximate surface area is 212 Å². The maximum Gasteiger partial charge on any atom is 0.341 e. The molecule has 10 nitrogen and oxygen atoms in total. The van der Waals surface area contributed by atoms with E-state index in [-0.39, 0.29) is 35.1 Å². The number of nitrogens with one attached hydrogen (secondary N) is 1. The maximum absolute atomic E-state index is 13.2. The van der Waals surface area contributed by atoms with Gasteiger partial charge in [0, 0.05) is 29.0 Å². The van der Waals surface area contributed by atoms with E-state index in [0.717, 1.165) is 0 Å². The van der Waals surface area contributed by atoms with Crippen molar-refractivity contribution in [1.82, 2.24) is 15.0 Å². The Morgan fingerprint density at radius 2 is 1.81 bits per heavy atom. The van der Waals surface area contributed by atoms with Gasteiger partial charge < -0.3 is 31.0 Å². The molecule has 0 aliphatic rings. The molecule has 2 heterocycles. The van der Waals surface area contributed by atoms with Crippen molar-refractivity contribution in [3.63, 3.8) is 0 Å². The summed E-state index contributed by atoms with van der Waals surface area (Å²) in [4.78, 5) is 35.8. The van der Waals surface area contributed by atoms with E-state index in [4.69, 9.17) is 20.9 Å². The lowest BCUT2D eigenvalue weighted by Gasteiger charge is -2.17. The minimum atomic E-state index is -1.32. The van der Waals surface area contributed by atoms with Crippen molar-refractivity contribution in [2.24, 2.45) is 0 Å². The van der Waals surface area contributed by atoms with Crippen LogP contribution in [-0.4, -0.2) is 40.2 Å². The van der Waals surface area contributed by atoms with Gasteiger partial charge >= 0.3 is 5.97 Å². The first-order valence-corrected chi connectivity index (χ1v) is 10.5. The number of benzene rings is 2. The fourth-order valence-electron chi connectivity index (χ4n) is 3.92. The largest absolute Gasteiger partial charge is 0.493 e. The van der Waals surface area contributed by atoms with Crippen LogP contribution in [0.25, 0.3) is 16.5 Å². The summed E-state index contributed by atoms with van der Waals surface area (Å²) in [6.07, 6.45) is 4.88. The molecule has 2 aromatic carbocycles. The molecule has 4 aromatic rings. The second-order valence-electron chi connectivity index (χ2n) is 7.57. The van der Waals surface area contributed by atoms with Crippen LogP contribution in [0.4, 0.5) is 11.8 Å². The van der Waals surface area contributed by atoms with Gasteiger partial charge in [-0.15, -0.1) is 12.4 Å². The number of nitrogen functional groups attached to an aromatic ring is 2. The van der Waals surface area contributed by atoms with E-state index >= 15 is 0 Å². The van der Waals surface area contributed by atoms with Crippen LogP contribution >= 0.6 is 12.4 Å². The molecular weight excluding hydrogens is 486 g/mol. The summed E-state index contributed by atoms with van der Waals surface area (Å²) in [6.45, 7) is 0. The van der Waals surface area contributed by atoms with Crippen LogP contribution in [0.3, 0.4) is 0 Å². The monoisotopic (exact) mass is 509 g/mol. The molecule has 0 amide bonds. The molecule has 0 fully saturated rings. The Kier molecular flexibility index (Phi) is 7.80. The second kappa shape index (κ2) is 10.8. The predicted molar refractivity (Wildman–Crippen MR) is 140 cm³/mol. The third-order valence-corrected chi connectivity index (χ3v) is 5.56. The summed E-state index contributed by atoms with van der Waals surface area (Å²) in [5.74, 6) is -0.0854. The first-order valence-electron chi connectivity index (χ1n) is 10.5. The van der Waals surface area contributed by atoms with Gasteiger partial charge in [0.05, 0.1) is 19.6 Å². The average Bonchev–Trinajstić information content (AvgIpc) is 2.85. The van der Waals surface area contributed by atoms with Crippen LogP contribution in [-0.2, 0) is 6.42 Å². The smallest absolute Gasteiger partial charge is 0.341 e. The Morgan fingerprint density at radius 3 is 2.47 bits per heavy atom. The standard InChI is InChI=1S/C25H23N5O5.ClH/c1-34-19-8-4-6-16(22(19)35-2)14(10-9-13-11-29-25(27)30-23(13)26)15-5-3-7-18-20(15)21(31)17(12-28-18)24(32)33;/h3-8,10-12H,9H2,1-2H3,(H,28,31)(H,32,33)(H4,26,27,29,30);1H. The van der Waals surface area contributed by atoms with E-state index in [9.17, 15) is 14.7 Å². The zero-order chi connectivity index (χ0) is 25.1. The van der Waals surface area contributed by atoms with E-state index in [1.165, 1.54) is 26.6 Å². The average molecular weight is 510 g/mol. The Balaban J connectivity index is 0.00000361. The maximum atomic E-state index is 13.2.